The van der Waals surface area contributed by atoms with Crippen LogP contribution in [0, 0.1) is 49.4 Å². The highest BCUT2D eigenvalue weighted by Gasteiger charge is 2.40. The lowest BCUT2D eigenvalue weighted by Gasteiger charge is -2.36. The van der Waals surface area contributed by atoms with Gasteiger partial charge < -0.3 is 54.7 Å². The third-order valence-electron chi connectivity index (χ3n) is 15.5. The highest BCUT2D eigenvalue weighted by Crippen LogP contribution is 2.45. The molecule has 6 atom stereocenters. The maximum atomic E-state index is 14.5. The van der Waals surface area contributed by atoms with Crippen LogP contribution in [0.25, 0.3) is 10.8 Å². The molecule has 4 aliphatic rings. The van der Waals surface area contributed by atoms with Crippen molar-refractivity contribution in [2.75, 3.05) is 71.3 Å². The normalized spacial score (nSPS) is 24.2. The molecular formula is C64H94N6O10. The van der Waals surface area contributed by atoms with Gasteiger partial charge in [-0.05, 0) is 95.5 Å². The molecule has 0 unspecified atom stereocenters. The van der Waals surface area contributed by atoms with Crippen molar-refractivity contribution in [2.24, 2.45) is 39.6 Å². The fourth-order valence-corrected chi connectivity index (χ4v) is 11.1. The number of carbonyl (C=O) groups excluding carboxylic acids is 4. The van der Waals surface area contributed by atoms with E-state index in [1.54, 1.807) is 32.1 Å². The maximum absolute atomic E-state index is 14.5. The van der Waals surface area contributed by atoms with E-state index in [4.69, 9.17) is 24.6 Å². The number of phenols is 2. The Kier molecular flexibility index (Phi) is 27.8. The molecule has 0 aromatic heterocycles. The van der Waals surface area contributed by atoms with Crippen LogP contribution in [0.4, 0.5) is 11.4 Å². The number of nitrogens with one attached hydrogen (secondary N) is 1. The first kappa shape index (κ1) is 67.9. The number of anilines is 2. The molecule has 1 spiro atoms. The molecule has 80 heavy (non-hydrogen) atoms. The van der Waals surface area contributed by atoms with Gasteiger partial charge in [-0.2, -0.15) is 0 Å². The van der Waals surface area contributed by atoms with Crippen molar-refractivity contribution in [2.45, 2.75) is 145 Å². The van der Waals surface area contributed by atoms with Gasteiger partial charge in [-0.3, -0.25) is 24.4 Å². The topological polar surface area (TPSA) is 214 Å². The summed E-state index contributed by atoms with van der Waals surface area (Å²) in [4.78, 5) is 69.7. The molecule has 4 aliphatic heterocycles. The quantitative estimate of drug-likeness (QED) is 0.0356. The van der Waals surface area contributed by atoms with Crippen molar-refractivity contribution in [3.8, 4) is 30.1 Å². The van der Waals surface area contributed by atoms with Crippen LogP contribution in [0.1, 0.15) is 130 Å². The fraction of sp³-hybridized carbons (Fsp3) is 0.562. The Bertz CT molecular complexity index is 2760. The van der Waals surface area contributed by atoms with Crippen LogP contribution in [-0.4, -0.2) is 139 Å². The van der Waals surface area contributed by atoms with Gasteiger partial charge in [0.1, 0.15) is 41.4 Å². The number of piperidine rings is 2. The minimum Gasteiger partial charge on any atom is -0.507 e. The summed E-state index contributed by atoms with van der Waals surface area (Å²) in [6, 6.07) is 11.4. The highest BCUT2D eigenvalue weighted by atomic mass is 16.5. The van der Waals surface area contributed by atoms with Crippen LogP contribution in [0.2, 0.25) is 0 Å². The van der Waals surface area contributed by atoms with E-state index in [1.165, 1.54) is 38.7 Å². The molecule has 4 heterocycles. The minimum absolute atomic E-state index is 0.00120. The summed E-state index contributed by atoms with van der Waals surface area (Å²) in [6.07, 6.45) is 20.0. The molecule has 0 saturated carbocycles. The minimum atomic E-state index is -0.914. The number of amides is 1. The first-order valence-corrected chi connectivity index (χ1v) is 28.4. The molecule has 440 valence electrons. The van der Waals surface area contributed by atoms with Crippen molar-refractivity contribution in [1.29, 1.82) is 0 Å². The third-order valence-corrected chi connectivity index (χ3v) is 15.5. The van der Waals surface area contributed by atoms with Gasteiger partial charge in [-0.1, -0.05) is 104 Å². The van der Waals surface area contributed by atoms with Crippen LogP contribution >= 0.6 is 0 Å². The van der Waals surface area contributed by atoms with Crippen molar-refractivity contribution >= 4 is 46.1 Å². The second kappa shape index (κ2) is 32.8. The van der Waals surface area contributed by atoms with E-state index in [0.29, 0.717) is 49.5 Å². The first-order chi connectivity index (χ1) is 38.2. The summed E-state index contributed by atoms with van der Waals surface area (Å²) < 4.78 is 11.6. The number of aromatic hydroxyl groups is 2. The largest absolute Gasteiger partial charge is 0.507 e. The lowest BCUT2D eigenvalue weighted by atomic mass is 9.80. The van der Waals surface area contributed by atoms with Gasteiger partial charge in [0.05, 0.1) is 29.5 Å². The molecule has 0 radical (unpaired) electrons. The zero-order valence-electron chi connectivity index (χ0n) is 50.3. The number of ether oxygens (including phenoxy) is 2. The number of hydrogen-bond donors (Lipinski definition) is 5. The Balaban J connectivity index is 0.000000673. The SMILES string of the molecule is C#C.CC.CN1CCC(N(C)c2ccccc2)CC1.CO.COc1c(C)c(O)c2c(O)c3c4c(c2c1C(=O)C/C=C/C[C@@H](C)[C@@H](OC(=O)CC=O)[C@H](C)[C@H](O)[C@H](C)C[C@@H](C)/C=C/C=C(/C)C(=O)N3)=NC1(CCN(CC(C)C)CC1)N=4. The van der Waals surface area contributed by atoms with Crippen LogP contribution in [0.5, 0.6) is 17.2 Å². The molecule has 7 rings (SSSR count). The van der Waals surface area contributed by atoms with E-state index in [2.05, 4.69) is 91.1 Å². The fourth-order valence-electron chi connectivity index (χ4n) is 11.1. The number of likely N-dealkylation sites (tertiary alicyclic amines) is 2. The van der Waals surface area contributed by atoms with E-state index in [0.717, 1.165) is 26.7 Å². The van der Waals surface area contributed by atoms with Gasteiger partial charge in [0.2, 0.25) is 0 Å². The number of ketones is 1. The number of phenolic OH excluding ortho intramolecular Hbond substituents is 2. The summed E-state index contributed by atoms with van der Waals surface area (Å²) in [5.74, 6) is -2.66. The predicted octanol–water partition coefficient (Wildman–Crippen LogP) is 9.14. The zero-order valence-corrected chi connectivity index (χ0v) is 50.3. The van der Waals surface area contributed by atoms with E-state index in [9.17, 15) is 34.5 Å². The Hall–Kier alpha value is -6.38. The number of para-hydroxylation sites is 1. The summed E-state index contributed by atoms with van der Waals surface area (Å²) in [6.45, 7) is 24.1. The second-order valence-electron chi connectivity index (χ2n) is 21.8. The van der Waals surface area contributed by atoms with E-state index in [1.807, 2.05) is 53.7 Å². The van der Waals surface area contributed by atoms with Gasteiger partial charge in [-0.25, -0.2) is 0 Å². The predicted molar refractivity (Wildman–Crippen MR) is 321 cm³/mol. The number of aliphatic hydroxyl groups is 2. The summed E-state index contributed by atoms with van der Waals surface area (Å²) in [7, 11) is 6.83. The number of methoxy groups -OCH3 is 1. The number of allylic oxidation sites excluding steroid dienone is 5. The summed E-state index contributed by atoms with van der Waals surface area (Å²) in [5.41, 5.74) is 1.10. The Morgan fingerprint density at radius 3 is 2.12 bits per heavy atom. The van der Waals surface area contributed by atoms with Crippen LogP contribution in [-0.2, 0) is 19.1 Å². The lowest BCUT2D eigenvalue weighted by Crippen LogP contribution is -2.43. The number of aliphatic hydroxyl groups excluding tert-OH is 2. The van der Waals surface area contributed by atoms with E-state index in [-0.39, 0.29) is 79.8 Å². The molecule has 5 N–H and O–H groups in total. The highest BCUT2D eigenvalue weighted by molar-refractivity contribution is 6.16. The Labute approximate surface area is 476 Å². The van der Waals surface area contributed by atoms with Crippen LogP contribution in [0.15, 0.2) is 76.3 Å². The number of carbonyl (C=O) groups is 4. The van der Waals surface area contributed by atoms with Gasteiger partial charge in [0.25, 0.3) is 5.91 Å². The molecule has 3 aromatic carbocycles. The number of aldehydes is 1. The molecule has 0 aliphatic carbocycles. The van der Waals surface area contributed by atoms with Gasteiger partial charge in [0.15, 0.2) is 17.2 Å². The number of terminal acetylenes is 1. The molecule has 16 heteroatoms. The second-order valence-corrected chi connectivity index (χ2v) is 21.8. The van der Waals surface area contributed by atoms with Gasteiger partial charge >= 0.3 is 5.97 Å². The molecule has 2 bridgehead atoms. The average Bonchev–Trinajstić information content (AvgIpc) is 3.95. The third kappa shape index (κ3) is 17.3. The number of nitrogens with zero attached hydrogens (tertiary/aromatic N) is 5. The van der Waals surface area contributed by atoms with E-state index < -0.39 is 47.8 Å². The molecule has 2 fully saturated rings. The average molecular weight is 1110 g/mol. The van der Waals surface area contributed by atoms with E-state index >= 15 is 0 Å². The number of esters is 1. The smallest absolute Gasteiger partial charge is 0.313 e. The monoisotopic (exact) mass is 1110 g/mol. The molecular weight excluding hydrogens is 1010 g/mol. The van der Waals surface area contributed by atoms with Crippen molar-refractivity contribution in [1.82, 2.24) is 9.80 Å². The molecule has 1 amide bonds. The molecule has 3 aromatic rings. The summed E-state index contributed by atoms with van der Waals surface area (Å²) >= 11 is 0. The first-order valence-electron chi connectivity index (χ1n) is 28.4. The molecule has 16 nitrogen and oxygen atoms in total. The maximum Gasteiger partial charge on any atom is 0.313 e. The molecule has 2 saturated heterocycles. The van der Waals surface area contributed by atoms with Crippen LogP contribution < -0.4 is 25.7 Å². The van der Waals surface area contributed by atoms with Crippen molar-refractivity contribution < 1.29 is 49.1 Å². The van der Waals surface area contributed by atoms with Crippen molar-refractivity contribution in [3.63, 3.8) is 0 Å². The van der Waals surface area contributed by atoms with Gasteiger partial charge in [-0.15, -0.1) is 12.8 Å². The van der Waals surface area contributed by atoms with Crippen LogP contribution in [0.3, 0.4) is 0 Å². The Morgan fingerprint density at radius 1 is 0.925 bits per heavy atom. The lowest BCUT2D eigenvalue weighted by molar-refractivity contribution is -0.158. The number of hydrogen-bond acceptors (Lipinski definition) is 15. The standard InChI is InChI=1S/C46H62N4O9.C13H20N2.C2H6.C2H2.CH4O/c1-25(2)24-50-20-18-46(19-21-50)48-37-35-34-32(52)16-11-10-14-27(4)43(59-33(53)17-22-51)30(7)40(54)29(6)23-26(3)13-12-15-28(5)45(57)47-39(38(37)49-46)42(56)36(35)41(55)31(8)44(34)58-9;1-14-10-8-13(9-11-14)15(2)12-6-4-3-5-7-12;3*1-2/h10-13,15,22,25-27,29-30,40,43,54-56H,14,16-21,23-24H2,1-9H3,(H,47,57);3-7,13H,8-11H2,1-2H3;1-2H3;1-2H;2H,1H3/b11-10+,13-12+,28-15-;;;;/t26-,27+,29+,30+,40+,43+;;;;/m0..../s1. The zero-order chi connectivity index (χ0) is 60.0. The number of benzene rings is 3. The Morgan fingerprint density at radius 2 is 1.54 bits per heavy atom. The summed E-state index contributed by atoms with van der Waals surface area (Å²) in [5, 5.41) is 45.9. The number of rotatable bonds is 8. The van der Waals surface area contributed by atoms with Crippen molar-refractivity contribution in [3.05, 3.63) is 88.1 Å². The number of Topliss-reactive ketones (excluding diaryl/α,β-unsaturated/α-hetero) is 1. The van der Waals surface area contributed by atoms with Gasteiger partial charge in [0, 0.05) is 87.2 Å².